The molecule has 4 rings (SSSR count). The van der Waals surface area contributed by atoms with Crippen LogP contribution in [0.3, 0.4) is 0 Å². The van der Waals surface area contributed by atoms with E-state index in [-0.39, 0.29) is 42.1 Å². The van der Waals surface area contributed by atoms with E-state index in [1.54, 1.807) is 4.90 Å². The molecule has 1 amide bonds. The molecule has 12 heteroatoms. The Bertz CT molecular complexity index is 1010. The first-order chi connectivity index (χ1) is 13.5. The third-order valence-electron chi connectivity index (χ3n) is 5.75. The highest BCUT2D eigenvalue weighted by atomic mass is 19.4. The zero-order valence-electron chi connectivity index (χ0n) is 15.4. The Morgan fingerprint density at radius 1 is 1.41 bits per heavy atom. The van der Waals surface area contributed by atoms with Crippen LogP contribution in [0.5, 0.6) is 0 Å². The molecule has 2 aromatic rings. The molecule has 2 heterocycles. The smallest absolute Gasteiger partial charge is 0.404 e. The van der Waals surface area contributed by atoms with Gasteiger partial charge in [-0.2, -0.15) is 13.2 Å². The number of rotatable bonds is 4. The van der Waals surface area contributed by atoms with Gasteiger partial charge in [0.2, 0.25) is 0 Å². The van der Waals surface area contributed by atoms with Crippen LogP contribution in [0, 0.1) is 10.1 Å². The average molecular weight is 413 g/mol. The molecule has 1 saturated heterocycles. The van der Waals surface area contributed by atoms with Crippen molar-refractivity contribution in [1.82, 2.24) is 14.9 Å². The van der Waals surface area contributed by atoms with Crippen molar-refractivity contribution in [3.05, 3.63) is 28.1 Å². The first-order valence-corrected chi connectivity index (χ1v) is 9.00. The van der Waals surface area contributed by atoms with E-state index >= 15 is 0 Å². The van der Waals surface area contributed by atoms with Gasteiger partial charge in [0.25, 0.3) is 5.69 Å². The summed E-state index contributed by atoms with van der Waals surface area (Å²) in [5, 5.41) is 22.8. The summed E-state index contributed by atoms with van der Waals surface area (Å²) in [4.78, 5) is 27.7. The minimum Gasteiger partial charge on any atom is -0.465 e. The number of halogens is 3. The van der Waals surface area contributed by atoms with Crippen molar-refractivity contribution in [1.29, 1.82) is 0 Å². The topological polar surface area (TPSA) is 114 Å². The first kappa shape index (κ1) is 19.3. The van der Waals surface area contributed by atoms with Crippen LogP contribution in [0.1, 0.15) is 25.1 Å². The monoisotopic (exact) mass is 413 g/mol. The molecule has 1 aromatic carbocycles. The van der Waals surface area contributed by atoms with Crippen LogP contribution < -0.4 is 10.2 Å². The number of carboxylic acid groups (broad SMARTS) is 1. The average Bonchev–Trinajstić information content (AvgIpc) is 3.21. The third-order valence-corrected chi connectivity index (χ3v) is 5.75. The Kier molecular flexibility index (Phi) is 4.14. The van der Waals surface area contributed by atoms with E-state index in [1.165, 1.54) is 23.7 Å². The Labute approximate surface area is 162 Å². The molecule has 1 saturated carbocycles. The Morgan fingerprint density at radius 3 is 2.66 bits per heavy atom. The van der Waals surface area contributed by atoms with Gasteiger partial charge in [-0.25, -0.2) is 9.78 Å². The van der Waals surface area contributed by atoms with Crippen LogP contribution in [0.2, 0.25) is 0 Å². The number of aromatic nitrogens is 2. The molecule has 2 fully saturated rings. The highest BCUT2D eigenvalue weighted by Crippen LogP contribution is 2.59. The van der Waals surface area contributed by atoms with Crippen molar-refractivity contribution in [2.45, 2.75) is 36.9 Å². The number of hydrogen-bond donors (Lipinski definition) is 2. The second-order valence-electron chi connectivity index (χ2n) is 7.51. The number of imidazole rings is 1. The molecular weight excluding hydrogens is 395 g/mol. The lowest BCUT2D eigenvalue weighted by Crippen LogP contribution is -2.36. The molecule has 1 aliphatic heterocycles. The van der Waals surface area contributed by atoms with Crippen molar-refractivity contribution >= 4 is 28.5 Å². The minimum atomic E-state index is -4.46. The molecule has 29 heavy (non-hydrogen) atoms. The van der Waals surface area contributed by atoms with Crippen LogP contribution in [0.25, 0.3) is 11.0 Å². The first-order valence-electron chi connectivity index (χ1n) is 9.00. The molecule has 9 nitrogen and oxygen atoms in total. The number of carbonyl (C=O) groups is 1. The maximum atomic E-state index is 13.6. The normalized spacial score (nSPS) is 20.8. The fourth-order valence-corrected chi connectivity index (χ4v) is 4.14. The summed E-state index contributed by atoms with van der Waals surface area (Å²) in [6, 6.07) is 2.23. The number of aryl methyl sites for hydroxylation is 1. The van der Waals surface area contributed by atoms with Gasteiger partial charge in [-0.15, -0.1) is 0 Å². The summed E-state index contributed by atoms with van der Waals surface area (Å²) in [5.74, 6) is -0.152. The lowest BCUT2D eigenvalue weighted by Gasteiger charge is -2.19. The van der Waals surface area contributed by atoms with Gasteiger partial charge in [0.1, 0.15) is 22.4 Å². The van der Waals surface area contributed by atoms with E-state index in [0.717, 1.165) is 0 Å². The summed E-state index contributed by atoms with van der Waals surface area (Å²) in [7, 11) is 1.48. The molecule has 0 spiro atoms. The number of fused-ring (bicyclic) bond motifs is 1. The predicted octanol–water partition coefficient (Wildman–Crippen LogP) is 2.92. The van der Waals surface area contributed by atoms with Crippen molar-refractivity contribution in [3.8, 4) is 0 Å². The number of hydrogen-bond acceptors (Lipinski definition) is 5. The zero-order valence-corrected chi connectivity index (χ0v) is 15.4. The third kappa shape index (κ3) is 2.93. The molecule has 0 bridgehead atoms. The summed E-state index contributed by atoms with van der Waals surface area (Å²) >= 11 is 0. The van der Waals surface area contributed by atoms with Gasteiger partial charge in [-0.3, -0.25) is 10.1 Å². The predicted molar refractivity (Wildman–Crippen MR) is 96.1 cm³/mol. The summed E-state index contributed by atoms with van der Waals surface area (Å²) in [5.41, 5.74) is -1.67. The molecule has 1 atom stereocenters. The number of alkyl halides is 3. The fourth-order valence-electron chi connectivity index (χ4n) is 4.14. The number of nitrogens with zero attached hydrogens (tertiary/aromatic N) is 4. The second-order valence-corrected chi connectivity index (χ2v) is 7.51. The molecule has 1 aromatic heterocycles. The number of nitrogens with one attached hydrogen (secondary N) is 1. The standard InChI is InChI=1S/C17H18F3N5O4/c1-23-10-2-3-11(25(28)29)13(24-7-4-9(8-24)21-15(26)27)12(10)22-14(23)16(5-6-16)17(18,19)20/h2-3,9,21H,4-8H2,1H3,(H,26,27). The summed E-state index contributed by atoms with van der Waals surface area (Å²) < 4.78 is 42.3. The van der Waals surface area contributed by atoms with Crippen LogP contribution in [-0.4, -0.2) is 51.0 Å². The van der Waals surface area contributed by atoms with Gasteiger partial charge in [0.05, 0.1) is 16.5 Å². The van der Waals surface area contributed by atoms with E-state index in [1.807, 2.05) is 0 Å². The molecule has 0 radical (unpaired) electrons. The van der Waals surface area contributed by atoms with Gasteiger partial charge in [0, 0.05) is 26.2 Å². The van der Waals surface area contributed by atoms with Crippen molar-refractivity contribution in [2.24, 2.45) is 7.05 Å². The number of anilines is 1. The zero-order chi connectivity index (χ0) is 21.1. The number of nitro benzene ring substituents is 1. The fraction of sp³-hybridized carbons (Fsp3) is 0.529. The SMILES string of the molecule is Cn1c(C2(C(F)(F)F)CC2)nc2c(N3CCC(NC(=O)O)C3)c([N+](=O)[O-])ccc21. The quantitative estimate of drug-likeness (QED) is 0.589. The molecule has 2 N–H and O–H groups in total. The van der Waals surface area contributed by atoms with E-state index in [4.69, 9.17) is 5.11 Å². The van der Waals surface area contributed by atoms with Gasteiger partial charge >= 0.3 is 12.3 Å². The molecular formula is C17H18F3N5O4. The van der Waals surface area contributed by atoms with Gasteiger partial charge in [0.15, 0.2) is 0 Å². The van der Waals surface area contributed by atoms with Crippen LogP contribution in [0.4, 0.5) is 29.3 Å². The van der Waals surface area contributed by atoms with Crippen molar-refractivity contribution in [2.75, 3.05) is 18.0 Å². The van der Waals surface area contributed by atoms with Gasteiger partial charge in [-0.05, 0) is 25.3 Å². The molecule has 1 unspecified atom stereocenters. The Morgan fingerprint density at radius 2 is 2.10 bits per heavy atom. The van der Waals surface area contributed by atoms with Gasteiger partial charge in [-0.1, -0.05) is 0 Å². The minimum absolute atomic E-state index is 0.0700. The highest BCUT2D eigenvalue weighted by Gasteiger charge is 2.66. The maximum absolute atomic E-state index is 13.6. The van der Waals surface area contributed by atoms with E-state index in [0.29, 0.717) is 18.5 Å². The van der Waals surface area contributed by atoms with E-state index in [2.05, 4.69) is 10.3 Å². The van der Waals surface area contributed by atoms with Crippen LogP contribution >= 0.6 is 0 Å². The molecule has 1 aliphatic carbocycles. The second kappa shape index (κ2) is 6.22. The molecule has 156 valence electrons. The van der Waals surface area contributed by atoms with E-state index < -0.39 is 28.6 Å². The summed E-state index contributed by atoms with van der Waals surface area (Å²) in [6.45, 7) is 0.490. The van der Waals surface area contributed by atoms with Gasteiger partial charge < -0.3 is 19.9 Å². The Balaban J connectivity index is 1.85. The number of amides is 1. The van der Waals surface area contributed by atoms with Crippen LogP contribution in [0.15, 0.2) is 12.1 Å². The lowest BCUT2D eigenvalue weighted by molar-refractivity contribution is -0.384. The largest absolute Gasteiger partial charge is 0.465 e. The maximum Gasteiger partial charge on any atom is 0.404 e. The van der Waals surface area contributed by atoms with E-state index in [9.17, 15) is 28.1 Å². The van der Waals surface area contributed by atoms with Crippen LogP contribution in [-0.2, 0) is 12.5 Å². The summed E-state index contributed by atoms with van der Waals surface area (Å²) in [6.07, 6.45) is -5.38. The van der Waals surface area contributed by atoms with Crippen molar-refractivity contribution in [3.63, 3.8) is 0 Å². The number of nitro groups is 1. The Hall–Kier alpha value is -3.05. The molecule has 2 aliphatic rings. The highest BCUT2D eigenvalue weighted by molar-refractivity contribution is 5.95. The lowest BCUT2D eigenvalue weighted by atomic mass is 10.1. The van der Waals surface area contributed by atoms with Crippen molar-refractivity contribution < 1.29 is 28.0 Å². The number of benzene rings is 1.